The first-order valence-electron chi connectivity index (χ1n) is 7.67. The lowest BCUT2D eigenvalue weighted by Crippen LogP contribution is -2.25. The Balaban J connectivity index is 1.62. The molecule has 1 N–H and O–H groups in total. The van der Waals surface area contributed by atoms with Crippen LogP contribution in [0.4, 0.5) is 8.78 Å². The molecular weight excluding hydrogens is 308 g/mol. The zero-order chi connectivity index (χ0) is 16.5. The molecule has 1 unspecified atom stereocenters. The highest BCUT2D eigenvalue weighted by Gasteiger charge is 2.15. The molecule has 1 saturated heterocycles. The van der Waals surface area contributed by atoms with Gasteiger partial charge in [-0.2, -0.15) is 8.78 Å². The summed E-state index contributed by atoms with van der Waals surface area (Å²) in [5, 5.41) is 2.71. The van der Waals surface area contributed by atoms with E-state index in [9.17, 15) is 13.6 Å². The van der Waals surface area contributed by atoms with Crippen LogP contribution >= 0.6 is 0 Å². The van der Waals surface area contributed by atoms with Crippen molar-refractivity contribution in [3.8, 4) is 5.75 Å². The van der Waals surface area contributed by atoms with Gasteiger partial charge in [0.15, 0.2) is 0 Å². The maximum atomic E-state index is 12.1. The van der Waals surface area contributed by atoms with Crippen LogP contribution in [0, 0.1) is 0 Å². The number of alkyl halides is 2. The summed E-state index contributed by atoms with van der Waals surface area (Å²) in [6.07, 6.45) is 2.99. The normalized spacial score (nSPS) is 17.4. The molecule has 0 saturated carbocycles. The Morgan fingerprint density at radius 3 is 3.04 bits per heavy atom. The van der Waals surface area contributed by atoms with E-state index < -0.39 is 6.61 Å². The summed E-state index contributed by atoms with van der Waals surface area (Å²) < 4.78 is 39.5. The third-order valence-corrected chi connectivity index (χ3v) is 3.40. The Morgan fingerprint density at radius 1 is 1.43 bits per heavy atom. The van der Waals surface area contributed by atoms with Gasteiger partial charge in [-0.3, -0.25) is 4.79 Å². The van der Waals surface area contributed by atoms with Crippen LogP contribution in [-0.2, 0) is 9.47 Å². The van der Waals surface area contributed by atoms with Gasteiger partial charge in [0.25, 0.3) is 5.91 Å². The van der Waals surface area contributed by atoms with E-state index in [1.807, 2.05) is 0 Å². The van der Waals surface area contributed by atoms with Crippen LogP contribution in [0.3, 0.4) is 0 Å². The minimum atomic E-state index is -2.91. The van der Waals surface area contributed by atoms with Crippen LogP contribution in [0.1, 0.15) is 29.6 Å². The molecule has 23 heavy (non-hydrogen) atoms. The number of hydrogen-bond donors (Lipinski definition) is 1. The second kappa shape index (κ2) is 9.42. The van der Waals surface area contributed by atoms with Gasteiger partial charge in [-0.15, -0.1) is 0 Å². The van der Waals surface area contributed by atoms with Crippen LogP contribution < -0.4 is 10.1 Å². The van der Waals surface area contributed by atoms with Crippen molar-refractivity contribution in [2.24, 2.45) is 0 Å². The van der Waals surface area contributed by atoms with Gasteiger partial charge in [0.2, 0.25) is 0 Å². The zero-order valence-corrected chi connectivity index (χ0v) is 12.8. The van der Waals surface area contributed by atoms with Crippen LogP contribution in [0.25, 0.3) is 0 Å². The molecule has 1 aromatic carbocycles. The van der Waals surface area contributed by atoms with Gasteiger partial charge >= 0.3 is 6.61 Å². The second-order valence-electron chi connectivity index (χ2n) is 5.23. The van der Waals surface area contributed by atoms with Crippen molar-refractivity contribution in [1.82, 2.24) is 5.32 Å². The first-order valence-corrected chi connectivity index (χ1v) is 7.67. The topological polar surface area (TPSA) is 56.8 Å². The summed E-state index contributed by atoms with van der Waals surface area (Å²) >= 11 is 0. The van der Waals surface area contributed by atoms with Crippen LogP contribution in [0.15, 0.2) is 24.3 Å². The number of amides is 1. The van der Waals surface area contributed by atoms with Gasteiger partial charge in [-0.25, -0.2) is 0 Å². The van der Waals surface area contributed by atoms with Crippen molar-refractivity contribution in [3.63, 3.8) is 0 Å². The molecule has 5 nitrogen and oxygen atoms in total. The van der Waals surface area contributed by atoms with Crippen molar-refractivity contribution in [2.45, 2.75) is 32.0 Å². The molecule has 1 aromatic rings. The second-order valence-corrected chi connectivity index (χ2v) is 5.23. The minimum Gasteiger partial charge on any atom is -0.435 e. The van der Waals surface area contributed by atoms with E-state index in [1.54, 1.807) is 6.07 Å². The molecule has 0 radical (unpaired) electrons. The lowest BCUT2D eigenvalue weighted by molar-refractivity contribution is -0.0498. The fraction of sp³-hybridized carbons (Fsp3) is 0.562. The number of carbonyl (C=O) groups is 1. The first kappa shape index (κ1) is 17.6. The Morgan fingerprint density at radius 2 is 2.30 bits per heavy atom. The Labute approximate surface area is 133 Å². The zero-order valence-electron chi connectivity index (χ0n) is 12.8. The van der Waals surface area contributed by atoms with Gasteiger partial charge in [0, 0.05) is 25.3 Å². The molecule has 0 aromatic heterocycles. The summed E-state index contributed by atoms with van der Waals surface area (Å²) in [4.78, 5) is 11.9. The third-order valence-electron chi connectivity index (χ3n) is 3.40. The van der Waals surface area contributed by atoms with E-state index in [2.05, 4.69) is 10.1 Å². The maximum Gasteiger partial charge on any atom is 0.387 e. The highest BCUT2D eigenvalue weighted by atomic mass is 19.3. The van der Waals surface area contributed by atoms with Crippen molar-refractivity contribution >= 4 is 5.91 Å². The van der Waals surface area contributed by atoms with Crippen molar-refractivity contribution < 1.29 is 27.8 Å². The van der Waals surface area contributed by atoms with E-state index in [1.165, 1.54) is 18.2 Å². The van der Waals surface area contributed by atoms with Gasteiger partial charge in [-0.1, -0.05) is 6.07 Å². The molecule has 1 aliphatic heterocycles. The largest absolute Gasteiger partial charge is 0.435 e. The SMILES string of the molecule is O=C(NCCCOCC1CCCO1)c1cccc(OC(F)F)c1. The molecule has 1 amide bonds. The predicted molar refractivity (Wildman–Crippen MR) is 79.8 cm³/mol. The molecule has 2 rings (SSSR count). The van der Waals surface area contributed by atoms with Crippen molar-refractivity contribution in [3.05, 3.63) is 29.8 Å². The lowest BCUT2D eigenvalue weighted by atomic mass is 10.2. The molecule has 0 aliphatic carbocycles. The van der Waals surface area contributed by atoms with Crippen LogP contribution in [-0.4, -0.2) is 45.0 Å². The molecule has 7 heteroatoms. The average molecular weight is 329 g/mol. The molecule has 0 bridgehead atoms. The number of carbonyl (C=O) groups excluding carboxylic acids is 1. The highest BCUT2D eigenvalue weighted by Crippen LogP contribution is 2.16. The molecule has 1 heterocycles. The minimum absolute atomic E-state index is 0.0347. The standard InChI is InChI=1S/C16H21F2NO4/c17-16(18)23-13-5-1-4-12(10-13)15(20)19-7-3-8-21-11-14-6-2-9-22-14/h1,4-5,10,14,16H,2-3,6-9,11H2,(H,19,20). The Hall–Kier alpha value is -1.73. The summed E-state index contributed by atoms with van der Waals surface area (Å²) in [7, 11) is 0. The van der Waals surface area contributed by atoms with E-state index in [4.69, 9.17) is 9.47 Å². The lowest BCUT2D eigenvalue weighted by Gasteiger charge is -2.10. The number of hydrogen-bond acceptors (Lipinski definition) is 4. The molecular formula is C16H21F2NO4. The van der Waals surface area contributed by atoms with Crippen LogP contribution in [0.5, 0.6) is 5.75 Å². The van der Waals surface area contributed by atoms with Gasteiger partial charge in [0.05, 0.1) is 12.7 Å². The summed E-state index contributed by atoms with van der Waals surface area (Å²) in [6.45, 7) is -0.535. The summed E-state index contributed by atoms with van der Waals surface area (Å²) in [5.41, 5.74) is 0.281. The number of rotatable bonds is 9. The van der Waals surface area contributed by atoms with Gasteiger partial charge in [-0.05, 0) is 37.5 Å². The highest BCUT2D eigenvalue weighted by molar-refractivity contribution is 5.94. The van der Waals surface area contributed by atoms with Crippen molar-refractivity contribution in [1.29, 1.82) is 0 Å². The fourth-order valence-corrected chi connectivity index (χ4v) is 2.28. The van der Waals surface area contributed by atoms with E-state index in [0.29, 0.717) is 26.2 Å². The van der Waals surface area contributed by atoms with Gasteiger partial charge < -0.3 is 19.5 Å². The average Bonchev–Trinajstić information content (AvgIpc) is 3.03. The Kier molecular flexibility index (Phi) is 7.22. The third kappa shape index (κ3) is 6.50. The van der Waals surface area contributed by atoms with Crippen LogP contribution in [0.2, 0.25) is 0 Å². The molecule has 0 spiro atoms. The first-order chi connectivity index (χ1) is 11.1. The number of nitrogens with one attached hydrogen (secondary N) is 1. The summed E-state index contributed by atoms with van der Waals surface area (Å²) in [6, 6.07) is 5.70. The molecule has 128 valence electrons. The number of halogens is 2. The molecule has 1 atom stereocenters. The molecule has 1 aliphatic rings. The van der Waals surface area contributed by atoms with E-state index >= 15 is 0 Å². The fourth-order valence-electron chi connectivity index (χ4n) is 2.28. The smallest absolute Gasteiger partial charge is 0.387 e. The molecule has 1 fully saturated rings. The van der Waals surface area contributed by atoms with Crippen molar-refractivity contribution in [2.75, 3.05) is 26.4 Å². The van der Waals surface area contributed by atoms with Gasteiger partial charge in [0.1, 0.15) is 5.75 Å². The number of benzene rings is 1. The monoisotopic (exact) mass is 329 g/mol. The Bertz CT molecular complexity index is 493. The van der Waals surface area contributed by atoms with E-state index in [0.717, 1.165) is 19.4 Å². The predicted octanol–water partition coefficient (Wildman–Crippen LogP) is 2.60. The maximum absolute atomic E-state index is 12.1. The number of ether oxygens (including phenoxy) is 3. The van der Waals surface area contributed by atoms with E-state index in [-0.39, 0.29) is 23.3 Å². The summed E-state index contributed by atoms with van der Waals surface area (Å²) in [5.74, 6) is -0.364. The quantitative estimate of drug-likeness (QED) is 0.708.